The molecule has 0 saturated carbocycles. The maximum atomic E-state index is 11.3. The van der Waals surface area contributed by atoms with Gasteiger partial charge in [-0.1, -0.05) is 0 Å². The van der Waals surface area contributed by atoms with Crippen molar-refractivity contribution in [3.63, 3.8) is 0 Å². The Morgan fingerprint density at radius 3 is 2.73 bits per heavy atom. The minimum absolute atomic E-state index is 0.0270. The third-order valence-electron chi connectivity index (χ3n) is 1.95. The third-order valence-corrected chi connectivity index (χ3v) is 3.14. The lowest BCUT2D eigenvalue weighted by atomic mass is 10.2. The number of nitrogens with one attached hydrogen (secondary N) is 1. The van der Waals surface area contributed by atoms with Crippen LogP contribution in [0.25, 0.3) is 10.2 Å². The molecular weight excluding hydrogens is 222 g/mol. The van der Waals surface area contributed by atoms with Crippen LogP contribution in [0.2, 0.25) is 0 Å². The van der Waals surface area contributed by atoms with E-state index in [-0.39, 0.29) is 15.1 Å². The predicted molar refractivity (Wildman–Crippen MR) is 52.7 cm³/mol. The number of hydrogen-bond donors (Lipinski definition) is 2. The summed E-state index contributed by atoms with van der Waals surface area (Å²) in [6.45, 7) is 1.50. The van der Waals surface area contributed by atoms with Gasteiger partial charge in [-0.2, -0.15) is 0 Å². The predicted octanol–water partition coefficient (Wildman–Crippen LogP) is 0.549. The lowest BCUT2D eigenvalue weighted by molar-refractivity contribution is 0.0701. The summed E-state index contributed by atoms with van der Waals surface area (Å²) < 4.78 is 4.31. The number of aromatic carboxylic acids is 1. The summed E-state index contributed by atoms with van der Waals surface area (Å²) in [6.07, 6.45) is 0. The SMILES string of the molecule is Cc1c(C(=O)O)sc2[nH]c(=O)oc(=O)c12. The van der Waals surface area contributed by atoms with E-state index in [2.05, 4.69) is 9.40 Å². The van der Waals surface area contributed by atoms with Gasteiger partial charge in [0, 0.05) is 0 Å². The molecule has 0 aliphatic heterocycles. The molecule has 0 bridgehead atoms. The maximum absolute atomic E-state index is 11.3. The number of hydrogen-bond acceptors (Lipinski definition) is 5. The maximum Gasteiger partial charge on any atom is 0.420 e. The average molecular weight is 227 g/mol. The molecule has 0 amide bonds. The molecule has 0 atom stereocenters. The van der Waals surface area contributed by atoms with Gasteiger partial charge < -0.3 is 9.52 Å². The molecule has 6 nitrogen and oxygen atoms in total. The molecule has 2 aromatic heterocycles. The Labute approximate surface area is 85.8 Å². The van der Waals surface area contributed by atoms with E-state index >= 15 is 0 Å². The van der Waals surface area contributed by atoms with E-state index in [1.54, 1.807) is 0 Å². The van der Waals surface area contributed by atoms with Crippen LogP contribution in [0.4, 0.5) is 0 Å². The Balaban J connectivity index is 3.01. The van der Waals surface area contributed by atoms with Crippen LogP contribution in [-0.4, -0.2) is 16.1 Å². The zero-order valence-corrected chi connectivity index (χ0v) is 8.30. The molecule has 0 aliphatic carbocycles. The van der Waals surface area contributed by atoms with Crippen LogP contribution in [0.15, 0.2) is 14.0 Å². The van der Waals surface area contributed by atoms with Crippen molar-refractivity contribution in [2.24, 2.45) is 0 Å². The fourth-order valence-electron chi connectivity index (χ4n) is 1.30. The quantitative estimate of drug-likeness (QED) is 0.740. The van der Waals surface area contributed by atoms with Crippen LogP contribution in [0.3, 0.4) is 0 Å². The number of H-pyrrole nitrogens is 1. The van der Waals surface area contributed by atoms with Crippen molar-refractivity contribution in [1.82, 2.24) is 4.98 Å². The van der Waals surface area contributed by atoms with Crippen molar-refractivity contribution in [3.8, 4) is 0 Å². The number of aryl methyl sites for hydroxylation is 1. The molecule has 78 valence electrons. The molecule has 0 aromatic carbocycles. The van der Waals surface area contributed by atoms with Gasteiger partial charge >= 0.3 is 17.4 Å². The zero-order chi connectivity index (χ0) is 11.2. The van der Waals surface area contributed by atoms with Gasteiger partial charge in [-0.05, 0) is 12.5 Å². The van der Waals surface area contributed by atoms with Crippen LogP contribution in [0.1, 0.15) is 15.2 Å². The molecule has 2 heterocycles. The van der Waals surface area contributed by atoms with Crippen molar-refractivity contribution in [2.45, 2.75) is 6.92 Å². The standard InChI is InChI=1S/C8H5NO5S/c1-2-3-5(15-4(2)6(10)11)9-8(13)14-7(3)12/h1H3,(H,9,13)(H,10,11). The number of carboxylic acid groups (broad SMARTS) is 1. The highest BCUT2D eigenvalue weighted by molar-refractivity contribution is 7.20. The van der Waals surface area contributed by atoms with E-state index in [9.17, 15) is 14.4 Å². The van der Waals surface area contributed by atoms with Crippen LogP contribution >= 0.6 is 11.3 Å². The first-order valence-corrected chi connectivity index (χ1v) is 4.72. The van der Waals surface area contributed by atoms with Crippen molar-refractivity contribution in [2.75, 3.05) is 0 Å². The number of thiophene rings is 1. The normalized spacial score (nSPS) is 10.7. The summed E-state index contributed by atoms with van der Waals surface area (Å²) in [6, 6.07) is 0. The third kappa shape index (κ3) is 1.37. The van der Waals surface area contributed by atoms with Gasteiger partial charge in [0.25, 0.3) is 0 Å². The van der Waals surface area contributed by atoms with Gasteiger partial charge in [-0.15, -0.1) is 11.3 Å². The Hall–Kier alpha value is -1.89. The highest BCUT2D eigenvalue weighted by Crippen LogP contribution is 2.25. The first-order chi connectivity index (χ1) is 7.00. The number of carboxylic acids is 1. The molecule has 7 heteroatoms. The summed E-state index contributed by atoms with van der Waals surface area (Å²) >= 11 is 0.845. The lowest BCUT2D eigenvalue weighted by Crippen LogP contribution is -2.13. The topological polar surface area (TPSA) is 100 Å². The fourth-order valence-corrected chi connectivity index (χ4v) is 2.32. The van der Waals surface area contributed by atoms with Gasteiger partial charge in [0.1, 0.15) is 9.71 Å². The highest BCUT2D eigenvalue weighted by atomic mass is 32.1. The van der Waals surface area contributed by atoms with Gasteiger partial charge in [-0.3, -0.25) is 4.98 Å². The molecular formula is C8H5NO5S. The summed E-state index contributed by atoms with van der Waals surface area (Å²) in [5.74, 6) is -2.01. The number of carbonyl (C=O) groups is 1. The second kappa shape index (κ2) is 3.06. The van der Waals surface area contributed by atoms with Gasteiger partial charge in [0.15, 0.2) is 0 Å². The Kier molecular flexibility index (Phi) is 1.97. The molecule has 0 spiro atoms. The van der Waals surface area contributed by atoms with E-state index < -0.39 is 17.4 Å². The zero-order valence-electron chi connectivity index (χ0n) is 7.49. The van der Waals surface area contributed by atoms with Crippen molar-refractivity contribution in [1.29, 1.82) is 0 Å². The fraction of sp³-hybridized carbons (Fsp3) is 0.125. The first-order valence-electron chi connectivity index (χ1n) is 3.90. The molecule has 0 unspecified atom stereocenters. The number of rotatable bonds is 1. The average Bonchev–Trinajstić information content (AvgIpc) is 2.42. The van der Waals surface area contributed by atoms with Crippen LogP contribution < -0.4 is 11.4 Å². The smallest absolute Gasteiger partial charge is 0.420 e. The van der Waals surface area contributed by atoms with Crippen LogP contribution in [0.5, 0.6) is 0 Å². The molecule has 2 N–H and O–H groups in total. The highest BCUT2D eigenvalue weighted by Gasteiger charge is 2.18. The Morgan fingerprint density at radius 2 is 2.13 bits per heavy atom. The van der Waals surface area contributed by atoms with E-state index in [1.807, 2.05) is 0 Å². The molecule has 2 aromatic rings. The van der Waals surface area contributed by atoms with Crippen molar-refractivity contribution in [3.05, 3.63) is 31.4 Å². The Bertz CT molecular complexity index is 662. The molecule has 0 fully saturated rings. The Morgan fingerprint density at radius 1 is 1.47 bits per heavy atom. The minimum Gasteiger partial charge on any atom is -0.477 e. The van der Waals surface area contributed by atoms with Crippen molar-refractivity contribution < 1.29 is 14.3 Å². The monoisotopic (exact) mass is 227 g/mol. The molecule has 15 heavy (non-hydrogen) atoms. The number of fused-ring (bicyclic) bond motifs is 1. The number of aromatic amines is 1. The largest absolute Gasteiger partial charge is 0.477 e. The summed E-state index contributed by atoms with van der Waals surface area (Å²) in [5.41, 5.74) is -0.498. The minimum atomic E-state index is -1.13. The second-order valence-electron chi connectivity index (χ2n) is 2.87. The van der Waals surface area contributed by atoms with E-state index in [1.165, 1.54) is 6.92 Å². The van der Waals surface area contributed by atoms with Crippen LogP contribution in [-0.2, 0) is 0 Å². The van der Waals surface area contributed by atoms with Gasteiger partial charge in [0.2, 0.25) is 0 Å². The molecule has 0 saturated heterocycles. The van der Waals surface area contributed by atoms with Crippen molar-refractivity contribution >= 4 is 27.5 Å². The lowest BCUT2D eigenvalue weighted by Gasteiger charge is -1.88. The molecule has 2 rings (SSSR count). The summed E-state index contributed by atoms with van der Waals surface area (Å²) in [5, 5.41) is 8.93. The van der Waals surface area contributed by atoms with E-state index in [4.69, 9.17) is 5.11 Å². The summed E-state index contributed by atoms with van der Waals surface area (Å²) in [7, 11) is 0. The van der Waals surface area contributed by atoms with Crippen LogP contribution in [0, 0.1) is 6.92 Å². The second-order valence-corrected chi connectivity index (χ2v) is 3.89. The molecule has 0 radical (unpaired) electrons. The summed E-state index contributed by atoms with van der Waals surface area (Å²) in [4.78, 5) is 35.4. The van der Waals surface area contributed by atoms with E-state index in [0.717, 1.165) is 11.3 Å². The van der Waals surface area contributed by atoms with Gasteiger partial charge in [-0.25, -0.2) is 14.4 Å². The first kappa shape index (κ1) is 9.66. The van der Waals surface area contributed by atoms with Gasteiger partial charge in [0.05, 0.1) is 5.39 Å². The number of aromatic nitrogens is 1. The molecule has 0 aliphatic rings. The van der Waals surface area contributed by atoms with E-state index in [0.29, 0.717) is 5.56 Å².